The Labute approximate surface area is 95.6 Å². The normalized spacial score (nSPS) is 20.9. The number of methoxy groups -OCH3 is 1. The summed E-state index contributed by atoms with van der Waals surface area (Å²) in [6.07, 6.45) is 2.63. The summed E-state index contributed by atoms with van der Waals surface area (Å²) in [4.78, 5) is 11.1. The summed E-state index contributed by atoms with van der Waals surface area (Å²) in [6.45, 7) is 1.47. The first-order valence-corrected chi connectivity index (χ1v) is 6.70. The lowest BCUT2D eigenvalue weighted by Crippen LogP contribution is -2.56. The molecule has 1 atom stereocenters. The predicted molar refractivity (Wildman–Crippen MR) is 59.2 cm³/mol. The van der Waals surface area contributed by atoms with Crippen LogP contribution in [0.1, 0.15) is 26.2 Å². The molecule has 0 aromatic rings. The lowest BCUT2D eigenvalue weighted by molar-refractivity contribution is -0.139. The van der Waals surface area contributed by atoms with Crippen molar-refractivity contribution in [2.24, 2.45) is 5.73 Å². The maximum absolute atomic E-state index is 11.7. The number of carbonyl (C=O) groups is 1. The Bertz CT molecular complexity index is 362. The van der Waals surface area contributed by atoms with Gasteiger partial charge in [-0.25, -0.2) is 13.1 Å². The fourth-order valence-corrected chi connectivity index (χ4v) is 2.56. The van der Waals surface area contributed by atoms with Crippen LogP contribution in [-0.2, 0) is 19.6 Å². The van der Waals surface area contributed by atoms with E-state index < -0.39 is 26.8 Å². The molecule has 1 saturated carbocycles. The average Bonchev–Trinajstić information content (AvgIpc) is 2.21. The SMILES string of the molecule is COC(=O)C(C)S(=O)(=O)NCC1(N)CCC1. The molecule has 0 saturated heterocycles. The van der Waals surface area contributed by atoms with Crippen LogP contribution in [0.4, 0.5) is 0 Å². The van der Waals surface area contributed by atoms with Crippen molar-refractivity contribution in [3.8, 4) is 0 Å². The van der Waals surface area contributed by atoms with E-state index in [1.165, 1.54) is 6.92 Å². The summed E-state index contributed by atoms with van der Waals surface area (Å²) in [7, 11) is -2.53. The number of hydrogen-bond donors (Lipinski definition) is 2. The summed E-state index contributed by atoms with van der Waals surface area (Å²) < 4.78 is 30.0. The van der Waals surface area contributed by atoms with Gasteiger partial charge in [0.05, 0.1) is 7.11 Å². The van der Waals surface area contributed by atoms with Crippen molar-refractivity contribution < 1.29 is 17.9 Å². The summed E-state index contributed by atoms with van der Waals surface area (Å²) in [5, 5.41) is -1.21. The van der Waals surface area contributed by atoms with Crippen LogP contribution in [0.5, 0.6) is 0 Å². The van der Waals surface area contributed by atoms with Crippen molar-refractivity contribution in [2.45, 2.75) is 37.0 Å². The van der Waals surface area contributed by atoms with Gasteiger partial charge in [0.2, 0.25) is 10.0 Å². The first kappa shape index (κ1) is 13.4. The van der Waals surface area contributed by atoms with Crippen LogP contribution >= 0.6 is 0 Å². The Morgan fingerprint density at radius 2 is 2.12 bits per heavy atom. The lowest BCUT2D eigenvalue weighted by Gasteiger charge is -2.38. The molecule has 3 N–H and O–H groups in total. The van der Waals surface area contributed by atoms with E-state index in [1.807, 2.05) is 0 Å². The van der Waals surface area contributed by atoms with Gasteiger partial charge in [-0.2, -0.15) is 0 Å². The van der Waals surface area contributed by atoms with Crippen molar-refractivity contribution in [3.05, 3.63) is 0 Å². The third-order valence-corrected chi connectivity index (χ3v) is 4.64. The summed E-state index contributed by atoms with van der Waals surface area (Å²) >= 11 is 0. The van der Waals surface area contributed by atoms with E-state index in [9.17, 15) is 13.2 Å². The number of hydrogen-bond acceptors (Lipinski definition) is 5. The molecule has 1 rings (SSSR count). The largest absolute Gasteiger partial charge is 0.468 e. The van der Waals surface area contributed by atoms with Crippen LogP contribution in [-0.4, -0.2) is 38.8 Å². The van der Waals surface area contributed by atoms with Crippen LogP contribution in [0.15, 0.2) is 0 Å². The highest BCUT2D eigenvalue weighted by molar-refractivity contribution is 7.90. The number of nitrogens with one attached hydrogen (secondary N) is 1. The minimum atomic E-state index is -3.69. The molecule has 0 radical (unpaired) electrons. The fourth-order valence-electron chi connectivity index (χ4n) is 1.47. The second-order valence-electron chi connectivity index (χ2n) is 4.25. The van der Waals surface area contributed by atoms with Gasteiger partial charge in [0, 0.05) is 12.1 Å². The number of rotatable bonds is 5. The Hall–Kier alpha value is -0.660. The fraction of sp³-hybridized carbons (Fsp3) is 0.889. The van der Waals surface area contributed by atoms with Crippen molar-refractivity contribution in [2.75, 3.05) is 13.7 Å². The molecule has 0 spiro atoms. The van der Waals surface area contributed by atoms with Crippen molar-refractivity contribution in [3.63, 3.8) is 0 Å². The highest BCUT2D eigenvalue weighted by Gasteiger charge is 2.36. The molecule has 1 fully saturated rings. The highest BCUT2D eigenvalue weighted by Crippen LogP contribution is 2.28. The summed E-state index contributed by atoms with van der Waals surface area (Å²) in [5.74, 6) is -0.771. The van der Waals surface area contributed by atoms with Gasteiger partial charge in [-0.05, 0) is 26.2 Å². The first-order chi connectivity index (χ1) is 7.31. The number of ether oxygens (including phenoxy) is 1. The zero-order chi connectivity index (χ0) is 12.4. The third kappa shape index (κ3) is 2.93. The van der Waals surface area contributed by atoms with Crippen molar-refractivity contribution in [1.29, 1.82) is 0 Å². The Balaban J connectivity index is 2.54. The van der Waals surface area contributed by atoms with Gasteiger partial charge in [-0.3, -0.25) is 4.79 Å². The standard InChI is InChI=1S/C9H18N2O4S/c1-7(8(12)15-2)16(13,14)11-6-9(10)4-3-5-9/h7,11H,3-6,10H2,1-2H3. The monoisotopic (exact) mass is 250 g/mol. The van der Waals surface area contributed by atoms with Gasteiger partial charge in [0.1, 0.15) is 0 Å². The van der Waals surface area contributed by atoms with Crippen molar-refractivity contribution >= 4 is 16.0 Å². The smallest absolute Gasteiger partial charge is 0.325 e. The Morgan fingerprint density at radius 1 is 1.56 bits per heavy atom. The average molecular weight is 250 g/mol. The molecule has 1 unspecified atom stereocenters. The highest BCUT2D eigenvalue weighted by atomic mass is 32.2. The second-order valence-corrected chi connectivity index (χ2v) is 6.33. The maximum Gasteiger partial charge on any atom is 0.325 e. The molecule has 6 nitrogen and oxygen atoms in total. The molecular weight excluding hydrogens is 232 g/mol. The second kappa shape index (κ2) is 4.68. The van der Waals surface area contributed by atoms with E-state index in [1.54, 1.807) is 0 Å². The maximum atomic E-state index is 11.7. The first-order valence-electron chi connectivity index (χ1n) is 5.16. The zero-order valence-electron chi connectivity index (χ0n) is 9.52. The van der Waals surface area contributed by atoms with Gasteiger partial charge in [-0.1, -0.05) is 0 Å². The van der Waals surface area contributed by atoms with Crippen LogP contribution in [0, 0.1) is 0 Å². The van der Waals surface area contributed by atoms with Gasteiger partial charge in [0.25, 0.3) is 0 Å². The molecule has 0 amide bonds. The van der Waals surface area contributed by atoms with Gasteiger partial charge in [0.15, 0.2) is 5.25 Å². The van der Waals surface area contributed by atoms with Gasteiger partial charge >= 0.3 is 5.97 Å². The molecule has 16 heavy (non-hydrogen) atoms. The van der Waals surface area contributed by atoms with E-state index in [0.29, 0.717) is 0 Å². The molecule has 7 heteroatoms. The molecule has 0 heterocycles. The topological polar surface area (TPSA) is 98.5 Å². The minimum Gasteiger partial charge on any atom is -0.468 e. The van der Waals surface area contributed by atoms with E-state index >= 15 is 0 Å². The molecule has 0 aliphatic heterocycles. The van der Waals surface area contributed by atoms with E-state index in [-0.39, 0.29) is 6.54 Å². The zero-order valence-corrected chi connectivity index (χ0v) is 10.3. The number of nitrogens with two attached hydrogens (primary N) is 1. The summed E-state index contributed by atoms with van der Waals surface area (Å²) in [5.41, 5.74) is 5.43. The van der Waals surface area contributed by atoms with Crippen LogP contribution in [0.25, 0.3) is 0 Å². The van der Waals surface area contributed by atoms with Crippen LogP contribution in [0.3, 0.4) is 0 Å². The van der Waals surface area contributed by atoms with Crippen LogP contribution < -0.4 is 10.5 Å². The molecule has 0 aromatic carbocycles. The van der Waals surface area contributed by atoms with Crippen LogP contribution in [0.2, 0.25) is 0 Å². The quantitative estimate of drug-likeness (QED) is 0.632. The lowest BCUT2D eigenvalue weighted by atomic mass is 9.78. The predicted octanol–water partition coefficient (Wildman–Crippen LogP) is -0.651. The number of sulfonamides is 1. The Kier molecular flexibility index (Phi) is 3.92. The number of carbonyl (C=O) groups excluding carboxylic acids is 1. The van der Waals surface area contributed by atoms with Gasteiger partial charge in [-0.15, -0.1) is 0 Å². The minimum absolute atomic E-state index is 0.177. The summed E-state index contributed by atoms with van der Waals surface area (Å²) in [6, 6.07) is 0. The molecular formula is C9H18N2O4S. The molecule has 0 bridgehead atoms. The molecule has 0 aromatic heterocycles. The van der Waals surface area contributed by atoms with Crippen molar-refractivity contribution in [1.82, 2.24) is 4.72 Å². The number of esters is 1. The van der Waals surface area contributed by atoms with E-state index in [0.717, 1.165) is 26.4 Å². The molecule has 1 aliphatic carbocycles. The third-order valence-electron chi connectivity index (χ3n) is 2.97. The Morgan fingerprint density at radius 3 is 2.50 bits per heavy atom. The van der Waals surface area contributed by atoms with Gasteiger partial charge < -0.3 is 10.5 Å². The van der Waals surface area contributed by atoms with E-state index in [4.69, 9.17) is 5.73 Å². The molecule has 1 aliphatic rings. The van der Waals surface area contributed by atoms with E-state index in [2.05, 4.69) is 9.46 Å². The molecule has 94 valence electrons.